The Kier molecular flexibility index (Phi) is 4.10. The van der Waals surface area contributed by atoms with Crippen molar-refractivity contribution in [3.05, 3.63) is 36.2 Å². The second-order valence-electron chi connectivity index (χ2n) is 9.33. The zero-order chi connectivity index (χ0) is 20.3. The number of carbonyl (C=O) groups excluding carboxylic acids is 1. The van der Waals surface area contributed by atoms with E-state index in [1.54, 1.807) is 29.1 Å². The second-order valence-corrected chi connectivity index (χ2v) is 11.3. The van der Waals surface area contributed by atoms with Crippen molar-refractivity contribution < 1.29 is 13.2 Å². The molecule has 9 heteroatoms. The van der Waals surface area contributed by atoms with Crippen LogP contribution in [0, 0.1) is 11.8 Å². The van der Waals surface area contributed by atoms with E-state index in [-0.39, 0.29) is 28.3 Å². The predicted octanol–water partition coefficient (Wildman–Crippen LogP) is 1.48. The first kappa shape index (κ1) is 18.7. The van der Waals surface area contributed by atoms with E-state index in [1.165, 1.54) is 19.0 Å². The number of tetrazole rings is 1. The Balaban J connectivity index is 1.33. The normalized spacial score (nSPS) is 33.0. The molecule has 2 aromatic rings. The van der Waals surface area contributed by atoms with Crippen LogP contribution in [-0.4, -0.2) is 46.3 Å². The van der Waals surface area contributed by atoms with Gasteiger partial charge in [0, 0.05) is 11.8 Å². The number of sulfone groups is 1. The molecule has 4 saturated carbocycles. The summed E-state index contributed by atoms with van der Waals surface area (Å²) in [6, 6.07) is 6.56. The Morgan fingerprint density at radius 3 is 2.45 bits per heavy atom. The number of hydrogen-bond acceptors (Lipinski definition) is 6. The largest absolute Gasteiger partial charge is 0.350 e. The van der Waals surface area contributed by atoms with Crippen molar-refractivity contribution in [1.82, 2.24) is 25.5 Å². The van der Waals surface area contributed by atoms with Gasteiger partial charge in [-0.3, -0.25) is 4.79 Å². The molecule has 0 saturated heterocycles. The van der Waals surface area contributed by atoms with Crippen molar-refractivity contribution in [2.45, 2.75) is 60.9 Å². The van der Waals surface area contributed by atoms with Crippen LogP contribution in [-0.2, 0) is 26.6 Å². The van der Waals surface area contributed by atoms with Crippen molar-refractivity contribution in [3.63, 3.8) is 0 Å². The van der Waals surface area contributed by atoms with E-state index in [9.17, 15) is 13.2 Å². The lowest BCUT2D eigenvalue weighted by Crippen LogP contribution is -2.66. The second kappa shape index (κ2) is 6.35. The maximum atomic E-state index is 12.9. The van der Waals surface area contributed by atoms with Gasteiger partial charge < -0.3 is 5.32 Å². The van der Waals surface area contributed by atoms with Gasteiger partial charge in [0.25, 0.3) is 0 Å². The molecule has 29 heavy (non-hydrogen) atoms. The molecular weight excluding hydrogens is 390 g/mol. The lowest BCUT2D eigenvalue weighted by Gasteiger charge is -2.61. The van der Waals surface area contributed by atoms with Gasteiger partial charge >= 0.3 is 0 Å². The van der Waals surface area contributed by atoms with Crippen molar-refractivity contribution in [1.29, 1.82) is 0 Å². The Morgan fingerprint density at radius 1 is 1.17 bits per heavy atom. The lowest BCUT2D eigenvalue weighted by atomic mass is 9.50. The highest BCUT2D eigenvalue weighted by Gasteiger charge is 2.60. The highest BCUT2D eigenvalue weighted by atomic mass is 32.2. The zero-order valence-corrected chi connectivity index (χ0v) is 17.2. The molecule has 2 unspecified atom stereocenters. The Labute approximate surface area is 170 Å². The molecule has 4 fully saturated rings. The van der Waals surface area contributed by atoms with E-state index in [0.717, 1.165) is 37.7 Å². The van der Waals surface area contributed by atoms with Gasteiger partial charge in [0.15, 0.2) is 16.2 Å². The van der Waals surface area contributed by atoms with Gasteiger partial charge in [-0.05, 0) is 73.3 Å². The number of hydrogen-bond donors (Lipinski definition) is 1. The molecule has 154 valence electrons. The first-order chi connectivity index (χ1) is 13.8. The van der Waals surface area contributed by atoms with E-state index in [4.69, 9.17) is 0 Å². The van der Waals surface area contributed by atoms with Crippen LogP contribution in [0.2, 0.25) is 0 Å². The minimum Gasteiger partial charge on any atom is -0.350 e. The van der Waals surface area contributed by atoms with Crippen LogP contribution in [0.1, 0.15) is 44.1 Å². The Morgan fingerprint density at radius 2 is 1.86 bits per heavy atom. The number of rotatable bonds is 5. The lowest BCUT2D eigenvalue weighted by molar-refractivity contribution is -0.130. The molecule has 8 nitrogen and oxygen atoms in total. The number of aromatic nitrogens is 4. The van der Waals surface area contributed by atoms with Crippen LogP contribution >= 0.6 is 0 Å². The molecule has 4 bridgehead atoms. The number of carbonyl (C=O) groups is 1. The summed E-state index contributed by atoms with van der Waals surface area (Å²) in [5.41, 5.74) is 0.472. The monoisotopic (exact) mass is 415 g/mol. The van der Waals surface area contributed by atoms with Gasteiger partial charge in [-0.1, -0.05) is 12.1 Å². The molecule has 4 aliphatic carbocycles. The van der Waals surface area contributed by atoms with Gasteiger partial charge in [0.1, 0.15) is 0 Å². The van der Waals surface area contributed by atoms with E-state index in [2.05, 4.69) is 20.7 Å². The molecular formula is C20H25N5O3S. The van der Waals surface area contributed by atoms with E-state index >= 15 is 0 Å². The first-order valence-corrected chi connectivity index (χ1v) is 12.0. The fraction of sp³-hybridized carbons (Fsp3) is 0.600. The molecule has 1 amide bonds. The molecule has 4 aliphatic rings. The predicted molar refractivity (Wildman–Crippen MR) is 105 cm³/mol. The molecule has 0 spiro atoms. The van der Waals surface area contributed by atoms with E-state index < -0.39 is 9.84 Å². The van der Waals surface area contributed by atoms with Gasteiger partial charge in [-0.25, -0.2) is 8.42 Å². The summed E-state index contributed by atoms with van der Waals surface area (Å²) >= 11 is 0. The van der Waals surface area contributed by atoms with Gasteiger partial charge in [-0.15, -0.1) is 10.2 Å². The highest BCUT2D eigenvalue weighted by molar-refractivity contribution is 7.90. The average Bonchev–Trinajstić information content (AvgIpc) is 3.15. The summed E-state index contributed by atoms with van der Waals surface area (Å²) in [5.74, 6) is 1.15. The summed E-state index contributed by atoms with van der Waals surface area (Å²) in [5, 5.41) is 15.8. The number of benzene rings is 1. The van der Waals surface area contributed by atoms with Crippen LogP contribution in [0.5, 0.6) is 0 Å². The molecule has 1 aromatic carbocycles. The van der Waals surface area contributed by atoms with Crippen LogP contribution in [0.4, 0.5) is 0 Å². The third kappa shape index (κ3) is 3.35. The fourth-order valence-corrected chi connectivity index (χ4v) is 6.99. The summed E-state index contributed by atoms with van der Waals surface area (Å²) in [4.78, 5) is 14.9. The standard InChI is InChI=1S/C20H25N5O3S/c1-29(27,28)17-4-2-14(3-5-17)7-18(26)23-19-8-15-6-16(9-19)11-20(10-15,12-19)25-22-13-21-24-25/h2-5,13,15-16H,6-12H2,1H3,(H,23,26). The van der Waals surface area contributed by atoms with Crippen LogP contribution < -0.4 is 5.32 Å². The van der Waals surface area contributed by atoms with Crippen LogP contribution in [0.25, 0.3) is 0 Å². The first-order valence-electron chi connectivity index (χ1n) is 10.1. The maximum Gasteiger partial charge on any atom is 0.224 e. The third-order valence-corrected chi connectivity index (χ3v) is 8.05. The minimum absolute atomic E-state index is 0.0132. The maximum absolute atomic E-state index is 12.9. The van der Waals surface area contributed by atoms with Crippen molar-refractivity contribution in [2.24, 2.45) is 11.8 Å². The number of nitrogens with zero attached hydrogens (tertiary/aromatic N) is 4. The smallest absolute Gasteiger partial charge is 0.224 e. The number of nitrogens with one attached hydrogen (secondary N) is 1. The van der Waals surface area contributed by atoms with Crippen molar-refractivity contribution in [2.75, 3.05) is 6.26 Å². The van der Waals surface area contributed by atoms with Gasteiger partial charge in [0.05, 0.1) is 16.9 Å². The molecule has 1 aromatic heterocycles. The van der Waals surface area contributed by atoms with Gasteiger partial charge in [0.2, 0.25) is 5.91 Å². The summed E-state index contributed by atoms with van der Waals surface area (Å²) < 4.78 is 23.2. The van der Waals surface area contributed by atoms with Crippen LogP contribution in [0.3, 0.4) is 0 Å². The highest BCUT2D eigenvalue weighted by Crippen LogP contribution is 2.60. The Bertz CT molecular complexity index is 1020. The fourth-order valence-electron chi connectivity index (χ4n) is 6.36. The molecule has 2 atom stereocenters. The number of amides is 1. The summed E-state index contributed by atoms with van der Waals surface area (Å²) in [6.45, 7) is 0. The van der Waals surface area contributed by atoms with Gasteiger partial charge in [-0.2, -0.15) is 4.80 Å². The van der Waals surface area contributed by atoms with Crippen molar-refractivity contribution >= 4 is 15.7 Å². The minimum atomic E-state index is -3.23. The quantitative estimate of drug-likeness (QED) is 0.793. The molecule has 0 radical (unpaired) electrons. The molecule has 1 N–H and O–H groups in total. The Hall–Kier alpha value is -2.29. The average molecular weight is 416 g/mol. The summed E-state index contributed by atoms with van der Waals surface area (Å²) in [7, 11) is -3.23. The molecule has 1 heterocycles. The zero-order valence-electron chi connectivity index (χ0n) is 16.4. The molecule has 0 aliphatic heterocycles. The molecule has 6 rings (SSSR count). The topological polar surface area (TPSA) is 107 Å². The van der Waals surface area contributed by atoms with Crippen LogP contribution in [0.15, 0.2) is 35.5 Å². The van der Waals surface area contributed by atoms with E-state index in [1.807, 2.05) is 0 Å². The summed E-state index contributed by atoms with van der Waals surface area (Å²) in [6.07, 6.45) is 9.14. The SMILES string of the molecule is CS(=O)(=O)c1ccc(CC(=O)NC23CC4CC(C2)CC(n2ncnn2)(C4)C3)cc1. The third-order valence-electron chi connectivity index (χ3n) is 6.92. The van der Waals surface area contributed by atoms with E-state index in [0.29, 0.717) is 11.8 Å². The van der Waals surface area contributed by atoms with Crippen molar-refractivity contribution in [3.8, 4) is 0 Å².